The third kappa shape index (κ3) is 32.0. The first kappa shape index (κ1) is 59.6. The Morgan fingerprint density at radius 1 is 0.333 bits per heavy atom. The fraction of sp³-hybridized carbons (Fsp3) is 0.714. The zero-order valence-corrected chi connectivity index (χ0v) is 40.8. The number of unbranched alkanes of at least 4 members (excludes halogenated alkanes) is 16. The Hall–Kier alpha value is -5.50. The van der Waals surface area contributed by atoms with Crippen molar-refractivity contribution in [2.45, 2.75) is 173 Å². The highest BCUT2D eigenvalue weighted by atomic mass is 16.7. The molecule has 20 heteroatoms. The van der Waals surface area contributed by atoms with Crippen molar-refractivity contribution in [2.24, 2.45) is 0 Å². The highest BCUT2D eigenvalue weighted by molar-refractivity contribution is 5.77. The molecule has 0 radical (unpaired) electrons. The lowest BCUT2D eigenvalue weighted by Gasteiger charge is -2.08. The van der Waals surface area contributed by atoms with E-state index >= 15 is 0 Å². The fourth-order valence-corrected chi connectivity index (χ4v) is 7.08. The first-order valence-electron chi connectivity index (χ1n) is 25.3. The van der Waals surface area contributed by atoms with Gasteiger partial charge in [0.15, 0.2) is 0 Å². The number of ether oxygens (including phenoxy) is 2. The van der Waals surface area contributed by atoms with Crippen LogP contribution in [0, 0.1) is 0 Å². The quantitative estimate of drug-likeness (QED) is 0.0367. The van der Waals surface area contributed by atoms with Crippen molar-refractivity contribution < 1.29 is 68.3 Å². The lowest BCUT2D eigenvalue weighted by molar-refractivity contribution is -0.146. The van der Waals surface area contributed by atoms with Gasteiger partial charge >= 0.3 is 11.9 Å². The Morgan fingerprint density at radius 2 is 0.594 bits per heavy atom. The second kappa shape index (κ2) is 39.4. The van der Waals surface area contributed by atoms with E-state index in [1.807, 2.05) is 0 Å². The minimum atomic E-state index is -0.532. The van der Waals surface area contributed by atoms with Crippen LogP contribution >= 0.6 is 0 Å². The van der Waals surface area contributed by atoms with Crippen molar-refractivity contribution in [3.8, 4) is 23.5 Å². The molecule has 8 N–H and O–H groups in total. The normalized spacial score (nSPS) is 11.0. The van der Waals surface area contributed by atoms with E-state index in [-0.39, 0.29) is 60.0 Å². The van der Waals surface area contributed by atoms with Gasteiger partial charge in [0.1, 0.15) is 0 Å². The first-order valence-corrected chi connectivity index (χ1v) is 25.3. The van der Waals surface area contributed by atoms with Crippen LogP contribution in [0.3, 0.4) is 0 Å². The average molecular weight is 979 g/mol. The first-order chi connectivity index (χ1) is 33.5. The van der Waals surface area contributed by atoms with Crippen LogP contribution in [0.25, 0.3) is 0 Å². The number of nitrogens with one attached hydrogen (secondary N) is 4. The van der Waals surface area contributed by atoms with Gasteiger partial charge in [-0.3, -0.25) is 19.2 Å². The van der Waals surface area contributed by atoms with Crippen LogP contribution in [0.4, 0.5) is 0 Å². The lowest BCUT2D eigenvalue weighted by Crippen LogP contribution is -2.25. The highest BCUT2D eigenvalue weighted by Crippen LogP contribution is 2.20. The maximum atomic E-state index is 12.1. The lowest BCUT2D eigenvalue weighted by atomic mass is 10.1. The summed E-state index contributed by atoms with van der Waals surface area (Å²) in [6, 6.07) is 4.92. The summed E-state index contributed by atoms with van der Waals surface area (Å²) in [5, 5.41) is 49.8. The molecule has 0 saturated carbocycles. The molecule has 0 aliphatic heterocycles. The number of aromatic nitrogens is 2. The predicted octanol–water partition coefficient (Wildman–Crippen LogP) is 5.75. The van der Waals surface area contributed by atoms with Crippen molar-refractivity contribution >= 4 is 35.6 Å². The van der Waals surface area contributed by atoms with Crippen LogP contribution in [0.15, 0.2) is 24.3 Å². The van der Waals surface area contributed by atoms with E-state index in [2.05, 4.69) is 21.3 Å². The number of carbonyl (C=O) groups excluding carboxylic acids is 6. The number of amides is 4. The Bertz CT molecular complexity index is 1570. The molecule has 0 unspecified atom stereocenters. The van der Waals surface area contributed by atoms with Gasteiger partial charge < -0.3 is 60.8 Å². The number of nitrogens with zero attached hydrogens (tertiary/aromatic N) is 2. The third-order valence-corrected chi connectivity index (χ3v) is 11.1. The second-order valence-electron chi connectivity index (χ2n) is 17.2. The van der Waals surface area contributed by atoms with Gasteiger partial charge in [0, 0.05) is 102 Å². The zero-order valence-electron chi connectivity index (χ0n) is 40.8. The molecule has 0 aliphatic carbocycles. The molecule has 0 spiro atoms. The number of carbonyl (C=O) groups is 6. The van der Waals surface area contributed by atoms with E-state index < -0.39 is 11.9 Å². The minimum Gasteiger partial charge on any atom is -0.492 e. The zero-order chi connectivity index (χ0) is 50.2. The predicted molar refractivity (Wildman–Crippen MR) is 257 cm³/mol. The second-order valence-corrected chi connectivity index (χ2v) is 17.2. The molecule has 0 aliphatic rings. The highest BCUT2D eigenvalue weighted by Gasteiger charge is 2.13. The maximum Gasteiger partial charge on any atom is 0.333 e. The summed E-state index contributed by atoms with van der Waals surface area (Å²) in [4.78, 5) is 81.9. The van der Waals surface area contributed by atoms with Crippen LogP contribution < -0.4 is 30.9 Å². The molecule has 392 valence electrons. The third-order valence-electron chi connectivity index (χ3n) is 11.1. The van der Waals surface area contributed by atoms with Crippen molar-refractivity contribution in [3.63, 3.8) is 0 Å². The average Bonchev–Trinajstić information content (AvgIpc) is 3.81. The molecule has 4 amide bonds. The topological polar surface area (TPSA) is 278 Å². The van der Waals surface area contributed by atoms with Gasteiger partial charge in [-0.15, -0.1) is 9.46 Å². The molecule has 20 nitrogen and oxygen atoms in total. The van der Waals surface area contributed by atoms with Gasteiger partial charge in [0.2, 0.25) is 47.1 Å². The Labute approximate surface area is 407 Å². The van der Waals surface area contributed by atoms with Gasteiger partial charge in [-0.25, -0.2) is 9.59 Å². The molecule has 2 aromatic rings. The van der Waals surface area contributed by atoms with Crippen LogP contribution in [-0.4, -0.2) is 118 Å². The van der Waals surface area contributed by atoms with Crippen molar-refractivity contribution in [1.82, 2.24) is 30.7 Å². The van der Waals surface area contributed by atoms with E-state index in [0.717, 1.165) is 116 Å². The van der Waals surface area contributed by atoms with Crippen LogP contribution in [0.5, 0.6) is 23.5 Å². The summed E-state index contributed by atoms with van der Waals surface area (Å²) < 4.78 is 12.5. The van der Waals surface area contributed by atoms with Gasteiger partial charge in [0.05, 0.1) is 13.2 Å². The van der Waals surface area contributed by atoms with Crippen molar-refractivity contribution in [3.05, 3.63) is 24.3 Å². The fourth-order valence-electron chi connectivity index (χ4n) is 7.08. The number of hydrogen-bond donors (Lipinski definition) is 8. The number of hydrogen-bond acceptors (Lipinski definition) is 14. The van der Waals surface area contributed by atoms with Crippen LogP contribution in [0.2, 0.25) is 0 Å². The molecule has 0 fully saturated rings. The molecule has 0 aromatic carbocycles. The summed E-state index contributed by atoms with van der Waals surface area (Å²) in [7, 11) is 0. The number of rotatable bonds is 44. The summed E-state index contributed by atoms with van der Waals surface area (Å²) in [5.41, 5.74) is 0. The maximum absolute atomic E-state index is 12.1. The van der Waals surface area contributed by atoms with Crippen LogP contribution in [0.1, 0.15) is 173 Å². The summed E-state index contributed by atoms with van der Waals surface area (Å²) in [6.45, 7) is 4.13. The molecular formula is C49H82N6O14. The van der Waals surface area contributed by atoms with E-state index in [9.17, 15) is 49.2 Å². The standard InChI is InChI=1S/C49H82N6O14/c56-40(50-32-17-11-3-7-15-24-48(64)68-54-44(60)26-27-45(54)61)22-13-5-1-9-19-34-52-42(58)30-38-66-36-21-37-67-39-31-43(59)53-35-20-10-2-6-14-23-41(57)51-33-18-12-4-8-16-25-49(65)69-55-46(62)28-29-47(55)63/h26-29,60-63H,1-25,30-39H2,(H,50,56)(H,51,57)(H,52,58)(H,53,59). The monoisotopic (exact) mass is 979 g/mol. The van der Waals surface area contributed by atoms with E-state index in [0.29, 0.717) is 107 Å². The SMILES string of the molecule is O=C(CCCCCCCNC(=O)CCOCCCOCCC(=O)NCCCCCCCC(=O)NCCCCCCCC(=O)On1c(O)ccc1O)NCCCCCCCC(=O)On1c(O)ccc1O. The minimum absolute atomic E-state index is 0.0401. The molecule has 2 heterocycles. The van der Waals surface area contributed by atoms with E-state index in [1.165, 1.54) is 24.3 Å². The van der Waals surface area contributed by atoms with E-state index in [4.69, 9.17) is 19.1 Å². The van der Waals surface area contributed by atoms with Gasteiger partial charge in [-0.05, 0) is 57.8 Å². The van der Waals surface area contributed by atoms with Gasteiger partial charge in [-0.1, -0.05) is 77.0 Å². The molecule has 0 bridgehead atoms. The molecule has 2 rings (SSSR count). The van der Waals surface area contributed by atoms with Gasteiger partial charge in [0.25, 0.3) is 0 Å². The van der Waals surface area contributed by atoms with E-state index in [1.54, 1.807) is 0 Å². The van der Waals surface area contributed by atoms with Crippen molar-refractivity contribution in [2.75, 3.05) is 52.6 Å². The summed E-state index contributed by atoms with van der Waals surface area (Å²) in [6.07, 6.45) is 20.4. The molecule has 69 heavy (non-hydrogen) atoms. The Morgan fingerprint density at radius 3 is 0.913 bits per heavy atom. The smallest absolute Gasteiger partial charge is 0.333 e. The summed E-state index contributed by atoms with van der Waals surface area (Å²) in [5.74, 6) is -2.40. The largest absolute Gasteiger partial charge is 0.492 e. The molecule has 2 aromatic heterocycles. The summed E-state index contributed by atoms with van der Waals surface area (Å²) >= 11 is 0. The Balaban J connectivity index is 1.22. The van der Waals surface area contributed by atoms with Crippen LogP contribution in [-0.2, 0) is 38.2 Å². The molecule has 0 atom stereocenters. The Kier molecular flexibility index (Phi) is 34.0. The molecule has 0 saturated heterocycles. The van der Waals surface area contributed by atoms with Crippen molar-refractivity contribution in [1.29, 1.82) is 0 Å². The molecular weight excluding hydrogens is 897 g/mol. The van der Waals surface area contributed by atoms with Gasteiger partial charge in [-0.2, -0.15) is 0 Å². The number of aromatic hydroxyl groups is 4.